The zero-order valence-electron chi connectivity index (χ0n) is 5.22. The number of nitrogens with zero attached hydrogens (tertiary/aromatic N) is 2. The van der Waals surface area contributed by atoms with Crippen LogP contribution in [-0.2, 0) is 0 Å². The van der Waals surface area contributed by atoms with E-state index in [1.165, 1.54) is 4.34 Å². The first-order chi connectivity index (χ1) is 5.04. The first-order valence-electron chi connectivity index (χ1n) is 2.53. The molecule has 0 radical (unpaired) electrons. The Morgan fingerprint density at radius 2 is 2.18 bits per heavy atom. The zero-order chi connectivity index (χ0) is 8.59. The summed E-state index contributed by atoms with van der Waals surface area (Å²) in [5, 5.41) is 9.26. The van der Waals surface area contributed by atoms with Crippen molar-refractivity contribution in [2.24, 2.45) is 0 Å². The topological polar surface area (TPSA) is 55.1 Å². The average Bonchev–Trinajstić information content (AvgIpc) is 2.17. The van der Waals surface area contributed by atoms with Crippen LogP contribution in [0.2, 0.25) is 0 Å². The third-order valence-corrected chi connectivity index (χ3v) is 2.70. The summed E-state index contributed by atoms with van der Waals surface area (Å²) in [4.78, 5) is 14.1. The van der Waals surface area contributed by atoms with Crippen molar-refractivity contribution >= 4 is 40.6 Å². The number of aromatic carboxylic acids is 1. The minimum absolute atomic E-state index is 0.0926. The maximum Gasteiger partial charge on any atom is 0.372 e. The quantitative estimate of drug-likeness (QED) is 0.472. The van der Waals surface area contributed by atoms with Gasteiger partial charge in [-0.3, -0.25) is 4.34 Å². The molecule has 60 valence electrons. The highest BCUT2D eigenvalue weighted by atomic mass is 32.1. The Balaban J connectivity index is 3.29. The fourth-order valence-corrected chi connectivity index (χ4v) is 1.31. The molecule has 0 aliphatic heterocycles. The van der Waals surface area contributed by atoms with Crippen molar-refractivity contribution in [3.05, 3.63) is 5.82 Å². The van der Waals surface area contributed by atoms with E-state index in [1.807, 2.05) is 0 Å². The molecule has 1 heterocycles. The summed E-state index contributed by atoms with van der Waals surface area (Å²) in [6.45, 7) is 0. The van der Waals surface area contributed by atoms with Crippen LogP contribution in [0.3, 0.4) is 0 Å². The number of hydrogen-bond acceptors (Lipinski definition) is 4. The van der Waals surface area contributed by atoms with Gasteiger partial charge >= 0.3 is 5.97 Å². The summed E-state index contributed by atoms with van der Waals surface area (Å²) in [7, 11) is 2.18. The maximum absolute atomic E-state index is 10.4. The number of aromatic nitrogens is 2. The first-order valence-corrected chi connectivity index (χ1v) is 3.94. The predicted octanol–water partition coefficient (Wildman–Crippen LogP) is 0.797. The van der Waals surface area contributed by atoms with Crippen LogP contribution < -0.4 is 0 Å². The largest absolute Gasteiger partial charge is 0.475 e. The molecule has 11 heavy (non-hydrogen) atoms. The molecule has 0 amide bonds. The number of carboxylic acid groups (broad SMARTS) is 1. The van der Waals surface area contributed by atoms with E-state index in [2.05, 4.69) is 39.6 Å². The van der Waals surface area contributed by atoms with Gasteiger partial charge in [-0.15, -0.1) is 25.3 Å². The molecule has 1 N–H and O–H groups in total. The van der Waals surface area contributed by atoms with Crippen molar-refractivity contribution in [2.45, 2.75) is 10.1 Å². The van der Waals surface area contributed by atoms with Gasteiger partial charge in [0.1, 0.15) is 10.1 Å². The second-order valence-corrected chi connectivity index (χ2v) is 3.12. The van der Waals surface area contributed by atoms with E-state index in [9.17, 15) is 4.79 Å². The van der Waals surface area contributed by atoms with E-state index in [0.29, 0.717) is 10.1 Å². The molecule has 1 unspecified atom stereocenters. The molecule has 1 aromatic rings. The number of carboxylic acids is 1. The van der Waals surface area contributed by atoms with Crippen LogP contribution in [0.5, 0.6) is 0 Å². The molecule has 4 nitrogen and oxygen atoms in total. The molecule has 1 atom stereocenters. The van der Waals surface area contributed by atoms with Gasteiger partial charge in [-0.2, -0.15) is 0 Å². The van der Waals surface area contributed by atoms with E-state index in [0.717, 1.165) is 0 Å². The van der Waals surface area contributed by atoms with E-state index in [4.69, 9.17) is 5.11 Å². The lowest BCUT2D eigenvalue weighted by molar-refractivity contribution is 0.0682. The summed E-state index contributed by atoms with van der Waals surface area (Å²) in [6.07, 6.45) is 0. The maximum atomic E-state index is 10.4. The molecule has 0 aliphatic carbocycles. The number of thiol groups is 2. The monoisotopic (exact) mass is 208 g/mol. The van der Waals surface area contributed by atoms with E-state index < -0.39 is 5.97 Å². The number of hydrogen-bond donors (Lipinski definition) is 3. The molecule has 0 bridgehead atoms. The van der Waals surface area contributed by atoms with E-state index in [1.54, 1.807) is 0 Å². The number of imidazole rings is 1. The van der Waals surface area contributed by atoms with Crippen molar-refractivity contribution in [2.75, 3.05) is 0 Å². The van der Waals surface area contributed by atoms with Crippen molar-refractivity contribution in [3.63, 3.8) is 0 Å². The molecular weight excluding hydrogens is 203 g/mol. The fraction of sp³-hybridized carbons (Fsp3) is 0. The van der Waals surface area contributed by atoms with Crippen LogP contribution in [0.15, 0.2) is 10.1 Å². The summed E-state index contributed by atoms with van der Waals surface area (Å²) in [5.74, 6) is -1.19. The van der Waals surface area contributed by atoms with Crippen LogP contribution in [0.25, 0.3) is 0 Å². The summed E-state index contributed by atoms with van der Waals surface area (Å²) < 4.78 is 1.27. The number of carbonyl (C=O) groups is 1. The van der Waals surface area contributed by atoms with Crippen LogP contribution in [-0.4, -0.2) is 20.4 Å². The summed E-state index contributed by atoms with van der Waals surface area (Å²) in [6, 6.07) is 0. The highest BCUT2D eigenvalue weighted by molar-refractivity contribution is 7.83. The average molecular weight is 208 g/mol. The van der Waals surface area contributed by atoms with Crippen molar-refractivity contribution in [1.82, 2.24) is 9.32 Å². The van der Waals surface area contributed by atoms with Crippen LogP contribution >= 0.6 is 34.6 Å². The van der Waals surface area contributed by atoms with Crippen molar-refractivity contribution in [3.8, 4) is 0 Å². The normalized spacial score (nSPS) is 10.1. The lowest BCUT2D eigenvalue weighted by atomic mass is 10.6. The van der Waals surface area contributed by atoms with Gasteiger partial charge in [0.15, 0.2) is 0 Å². The lowest BCUT2D eigenvalue weighted by Crippen LogP contribution is -2.02. The Labute approximate surface area is 76.1 Å². The molecule has 0 fully saturated rings. The Morgan fingerprint density at radius 3 is 2.36 bits per heavy atom. The molecular formula is C4H5N2O2PS2. The molecule has 7 heteroatoms. The van der Waals surface area contributed by atoms with Gasteiger partial charge in [-0.1, -0.05) is 0 Å². The lowest BCUT2D eigenvalue weighted by Gasteiger charge is -1.94. The second-order valence-electron chi connectivity index (χ2n) is 1.76. The smallest absolute Gasteiger partial charge is 0.372 e. The van der Waals surface area contributed by atoms with Gasteiger partial charge in [-0.25, -0.2) is 9.78 Å². The van der Waals surface area contributed by atoms with Crippen molar-refractivity contribution < 1.29 is 9.90 Å². The molecule has 0 aliphatic rings. The highest BCUT2D eigenvalue weighted by Crippen LogP contribution is 2.21. The predicted molar refractivity (Wildman–Crippen MR) is 48.8 cm³/mol. The van der Waals surface area contributed by atoms with Crippen LogP contribution in [0, 0.1) is 0 Å². The minimum atomic E-state index is -1.10. The Bertz CT molecular complexity index is 311. The van der Waals surface area contributed by atoms with Crippen LogP contribution in [0.4, 0.5) is 0 Å². The van der Waals surface area contributed by atoms with Gasteiger partial charge in [0.2, 0.25) is 5.82 Å². The van der Waals surface area contributed by atoms with E-state index >= 15 is 0 Å². The Morgan fingerprint density at radius 1 is 1.64 bits per heavy atom. The standard InChI is InChI=1S/C4H5N2O2PS2/c7-4(8)1-5-2(10)3(11)6(1)9/h10-11H,9H2,(H,7,8). The molecule has 0 aromatic carbocycles. The first kappa shape index (κ1) is 8.90. The van der Waals surface area contributed by atoms with Gasteiger partial charge in [0.05, 0.1) is 0 Å². The van der Waals surface area contributed by atoms with Gasteiger partial charge in [0, 0.05) is 0 Å². The van der Waals surface area contributed by atoms with Gasteiger partial charge in [-0.05, 0) is 9.39 Å². The second kappa shape index (κ2) is 3.05. The summed E-state index contributed by atoms with van der Waals surface area (Å²) in [5.41, 5.74) is 0. The molecule has 0 saturated carbocycles. The van der Waals surface area contributed by atoms with Gasteiger partial charge in [0.25, 0.3) is 0 Å². The third kappa shape index (κ3) is 1.52. The molecule has 0 spiro atoms. The zero-order valence-corrected chi connectivity index (χ0v) is 8.17. The van der Waals surface area contributed by atoms with E-state index in [-0.39, 0.29) is 5.82 Å². The molecule has 1 aromatic heterocycles. The van der Waals surface area contributed by atoms with Gasteiger partial charge < -0.3 is 5.11 Å². The Kier molecular flexibility index (Phi) is 2.47. The molecule has 0 saturated heterocycles. The highest BCUT2D eigenvalue weighted by Gasteiger charge is 2.14. The SMILES string of the molecule is O=C(O)c1nc(S)c(S)n1P. The van der Waals surface area contributed by atoms with Crippen LogP contribution in [0.1, 0.15) is 10.6 Å². The number of rotatable bonds is 1. The third-order valence-electron chi connectivity index (χ3n) is 1.06. The van der Waals surface area contributed by atoms with Crippen molar-refractivity contribution in [1.29, 1.82) is 0 Å². The fourth-order valence-electron chi connectivity index (χ4n) is 0.563. The Hall–Kier alpha value is -0.190. The molecule has 1 rings (SSSR count). The summed E-state index contributed by atoms with van der Waals surface area (Å²) >= 11 is 7.86. The minimum Gasteiger partial charge on any atom is -0.475 e.